The van der Waals surface area contributed by atoms with Crippen LogP contribution >= 0.6 is 11.3 Å². The van der Waals surface area contributed by atoms with Gasteiger partial charge in [0.05, 0.1) is 24.2 Å². The summed E-state index contributed by atoms with van der Waals surface area (Å²) in [7, 11) is 0. The van der Waals surface area contributed by atoms with Gasteiger partial charge in [-0.05, 0) is 37.8 Å². The third kappa shape index (κ3) is 6.87. The van der Waals surface area contributed by atoms with Crippen LogP contribution in [0.5, 0.6) is 5.75 Å². The molecule has 0 aliphatic rings. The lowest BCUT2D eigenvalue weighted by Gasteiger charge is -2.22. The molecule has 2 amide bonds. The zero-order valence-corrected chi connectivity index (χ0v) is 19.5. The number of nitrogens with zero attached hydrogens (tertiary/aromatic N) is 3. The van der Waals surface area contributed by atoms with Crippen LogP contribution in [0.3, 0.4) is 0 Å². The number of aliphatic hydroxyl groups is 1. The quantitative estimate of drug-likeness (QED) is 0.371. The molecule has 4 N–H and O–H groups in total. The summed E-state index contributed by atoms with van der Waals surface area (Å²) >= 11 is 1.37. The second kappa shape index (κ2) is 11.6. The summed E-state index contributed by atoms with van der Waals surface area (Å²) in [4.78, 5) is 31.5. The van der Waals surface area contributed by atoms with Crippen LogP contribution < -0.4 is 15.8 Å². The van der Waals surface area contributed by atoms with Crippen molar-refractivity contribution in [1.82, 2.24) is 14.5 Å². The first kappa shape index (κ1) is 24.4. The number of carbonyl (C=O) groups is 2. The molecule has 3 rings (SSSR count). The van der Waals surface area contributed by atoms with Gasteiger partial charge in [-0.2, -0.15) is 0 Å². The number of primary amides is 1. The van der Waals surface area contributed by atoms with E-state index in [9.17, 15) is 14.7 Å². The lowest BCUT2D eigenvalue weighted by Crippen LogP contribution is -2.21. The topological polar surface area (TPSA) is 132 Å². The van der Waals surface area contributed by atoms with Gasteiger partial charge >= 0.3 is 0 Å². The van der Waals surface area contributed by atoms with Crippen LogP contribution in [0.25, 0.3) is 0 Å². The van der Waals surface area contributed by atoms with E-state index in [2.05, 4.69) is 15.3 Å². The minimum absolute atomic E-state index is 0.0434. The van der Waals surface area contributed by atoms with E-state index < -0.39 is 12.0 Å². The number of aliphatic hydroxyl groups excluding tert-OH is 1. The number of amides is 2. The van der Waals surface area contributed by atoms with E-state index in [-0.39, 0.29) is 24.2 Å². The van der Waals surface area contributed by atoms with E-state index in [0.29, 0.717) is 24.4 Å². The first-order valence-corrected chi connectivity index (χ1v) is 11.7. The Morgan fingerprint density at radius 3 is 2.82 bits per heavy atom. The molecule has 1 aromatic carbocycles. The second-order valence-electron chi connectivity index (χ2n) is 7.76. The van der Waals surface area contributed by atoms with Crippen molar-refractivity contribution in [2.75, 3.05) is 5.32 Å². The normalized spacial score (nSPS) is 12.8. The van der Waals surface area contributed by atoms with Crippen molar-refractivity contribution in [2.24, 2.45) is 5.73 Å². The van der Waals surface area contributed by atoms with Crippen molar-refractivity contribution in [2.45, 2.75) is 58.3 Å². The van der Waals surface area contributed by atoms with Crippen molar-refractivity contribution in [3.05, 3.63) is 59.1 Å². The smallest absolute Gasteiger partial charge is 0.268 e. The Hall–Kier alpha value is -3.24. The summed E-state index contributed by atoms with van der Waals surface area (Å²) in [5.74, 6) is 0.0833. The van der Waals surface area contributed by atoms with E-state index in [1.165, 1.54) is 17.7 Å². The molecule has 0 fully saturated rings. The largest absolute Gasteiger partial charge is 0.487 e. The van der Waals surface area contributed by atoms with Crippen LogP contribution in [0.15, 0.2) is 42.2 Å². The van der Waals surface area contributed by atoms with Gasteiger partial charge in [-0.1, -0.05) is 25.1 Å². The van der Waals surface area contributed by atoms with Crippen LogP contribution in [-0.2, 0) is 17.8 Å². The number of benzene rings is 1. The molecule has 176 valence electrons. The maximum absolute atomic E-state index is 11.7. The SMILES string of the molecule is CCCC(=O)Nc1nc(COc2ccccc2CC[C@H]([C@H](C)O)n2cnc(C(N)=O)c2)cs1. The predicted molar refractivity (Wildman–Crippen MR) is 126 cm³/mol. The lowest BCUT2D eigenvalue weighted by molar-refractivity contribution is -0.116. The van der Waals surface area contributed by atoms with Crippen molar-refractivity contribution in [3.63, 3.8) is 0 Å². The molecule has 0 radical (unpaired) electrons. The van der Waals surface area contributed by atoms with E-state index in [0.717, 1.165) is 23.4 Å². The molecule has 0 bridgehead atoms. The number of hydrogen-bond acceptors (Lipinski definition) is 7. The first-order chi connectivity index (χ1) is 15.9. The average molecular weight is 472 g/mol. The Kier molecular flexibility index (Phi) is 8.56. The molecule has 10 heteroatoms. The van der Waals surface area contributed by atoms with Crippen LogP contribution in [0.2, 0.25) is 0 Å². The Morgan fingerprint density at radius 1 is 1.33 bits per heavy atom. The summed E-state index contributed by atoms with van der Waals surface area (Å²) in [6.07, 6.45) is 4.93. The predicted octanol–water partition coefficient (Wildman–Crippen LogP) is 3.31. The number of aromatic nitrogens is 3. The van der Waals surface area contributed by atoms with Crippen LogP contribution in [-0.4, -0.2) is 37.6 Å². The van der Waals surface area contributed by atoms with Gasteiger partial charge in [0, 0.05) is 18.0 Å². The molecule has 2 atom stereocenters. The average Bonchev–Trinajstić information content (AvgIpc) is 3.43. The van der Waals surface area contributed by atoms with E-state index in [1.54, 1.807) is 17.7 Å². The van der Waals surface area contributed by atoms with Crippen LogP contribution in [0, 0.1) is 0 Å². The standard InChI is InChI=1S/C23H29N5O4S/c1-3-6-21(30)27-23-26-17(13-33-23)12-32-20-8-5-4-7-16(20)9-10-19(15(2)29)28-11-18(22(24)31)25-14-28/h4-5,7-8,11,13-15,19,29H,3,6,9-10,12H2,1-2H3,(H2,24,31)(H,26,27,30)/t15-,19+/m0/s1. The van der Waals surface area contributed by atoms with Crippen LogP contribution in [0.4, 0.5) is 5.13 Å². The number of carbonyl (C=O) groups excluding carboxylic acids is 2. The highest BCUT2D eigenvalue weighted by Crippen LogP contribution is 2.26. The summed E-state index contributed by atoms with van der Waals surface area (Å²) in [5.41, 5.74) is 7.18. The fourth-order valence-electron chi connectivity index (χ4n) is 3.43. The zero-order chi connectivity index (χ0) is 23.8. The number of hydrogen-bond donors (Lipinski definition) is 3. The van der Waals surface area contributed by atoms with Gasteiger partial charge in [0.2, 0.25) is 5.91 Å². The summed E-state index contributed by atoms with van der Waals surface area (Å²) < 4.78 is 7.73. The number of aryl methyl sites for hydroxylation is 1. The Morgan fingerprint density at radius 2 is 2.12 bits per heavy atom. The molecule has 0 aliphatic heterocycles. The monoisotopic (exact) mass is 471 g/mol. The number of ether oxygens (including phenoxy) is 1. The maximum Gasteiger partial charge on any atom is 0.268 e. The molecule has 0 unspecified atom stereocenters. The molecule has 2 aromatic heterocycles. The number of anilines is 1. The molecule has 9 nitrogen and oxygen atoms in total. The minimum Gasteiger partial charge on any atom is -0.487 e. The molecule has 33 heavy (non-hydrogen) atoms. The second-order valence-corrected chi connectivity index (χ2v) is 8.61. The third-order valence-electron chi connectivity index (χ3n) is 5.13. The maximum atomic E-state index is 11.7. The fraction of sp³-hybridized carbons (Fsp3) is 0.391. The van der Waals surface area contributed by atoms with Gasteiger partial charge in [-0.3, -0.25) is 9.59 Å². The number of para-hydroxylation sites is 1. The molecule has 2 heterocycles. The van der Waals surface area contributed by atoms with Gasteiger partial charge in [0.1, 0.15) is 18.1 Å². The minimum atomic E-state index is -0.649. The van der Waals surface area contributed by atoms with Crippen molar-refractivity contribution < 1.29 is 19.4 Å². The Balaban J connectivity index is 1.62. The summed E-state index contributed by atoms with van der Waals surface area (Å²) in [6.45, 7) is 3.94. The molecule has 0 saturated carbocycles. The van der Waals surface area contributed by atoms with Gasteiger partial charge < -0.3 is 25.5 Å². The number of rotatable bonds is 12. The molecule has 0 aliphatic carbocycles. The number of nitrogens with two attached hydrogens (primary N) is 1. The summed E-state index contributed by atoms with van der Waals surface area (Å²) in [6, 6.07) is 7.44. The van der Waals surface area contributed by atoms with Gasteiger partial charge in [0.25, 0.3) is 5.91 Å². The van der Waals surface area contributed by atoms with E-state index in [4.69, 9.17) is 10.5 Å². The van der Waals surface area contributed by atoms with Gasteiger partial charge in [-0.25, -0.2) is 9.97 Å². The molecule has 3 aromatic rings. The van der Waals surface area contributed by atoms with Crippen molar-refractivity contribution in [1.29, 1.82) is 0 Å². The van der Waals surface area contributed by atoms with Gasteiger partial charge in [0.15, 0.2) is 5.13 Å². The Labute approximate surface area is 196 Å². The highest BCUT2D eigenvalue weighted by atomic mass is 32.1. The van der Waals surface area contributed by atoms with Crippen molar-refractivity contribution in [3.8, 4) is 5.75 Å². The van der Waals surface area contributed by atoms with E-state index >= 15 is 0 Å². The molecular weight excluding hydrogens is 442 g/mol. The van der Waals surface area contributed by atoms with Crippen molar-refractivity contribution >= 4 is 28.3 Å². The van der Waals surface area contributed by atoms with Gasteiger partial charge in [-0.15, -0.1) is 11.3 Å². The zero-order valence-electron chi connectivity index (χ0n) is 18.7. The highest BCUT2D eigenvalue weighted by Gasteiger charge is 2.19. The number of imidazole rings is 1. The first-order valence-electron chi connectivity index (χ1n) is 10.8. The number of thiazole rings is 1. The lowest BCUT2D eigenvalue weighted by atomic mass is 10.0. The Bertz CT molecular complexity index is 1080. The summed E-state index contributed by atoms with van der Waals surface area (Å²) in [5, 5.41) is 15.5. The number of nitrogens with one attached hydrogen (secondary N) is 1. The molecular formula is C23H29N5O4S. The highest BCUT2D eigenvalue weighted by molar-refractivity contribution is 7.13. The molecule has 0 saturated heterocycles. The van der Waals surface area contributed by atoms with E-state index in [1.807, 2.05) is 36.6 Å². The van der Waals surface area contributed by atoms with Crippen LogP contribution in [0.1, 0.15) is 60.9 Å². The fourth-order valence-corrected chi connectivity index (χ4v) is 4.14. The molecule has 0 spiro atoms. The third-order valence-corrected chi connectivity index (χ3v) is 5.93.